The lowest BCUT2D eigenvalue weighted by atomic mass is 9.67. The van der Waals surface area contributed by atoms with Gasteiger partial charge in [-0.25, -0.2) is 15.0 Å². The van der Waals surface area contributed by atoms with E-state index >= 15 is 0 Å². The Kier molecular flexibility index (Phi) is 6.79. The largest absolute Gasteiger partial charge is 0.456 e. The van der Waals surface area contributed by atoms with Crippen LogP contribution in [0.15, 0.2) is 160 Å². The van der Waals surface area contributed by atoms with Gasteiger partial charge in [0, 0.05) is 43.7 Å². The predicted molar refractivity (Wildman–Crippen MR) is 225 cm³/mol. The molecule has 0 amide bonds. The number of nitrogens with zero attached hydrogens (tertiary/aromatic N) is 3. The second-order valence-corrected chi connectivity index (χ2v) is 15.5. The van der Waals surface area contributed by atoms with E-state index < -0.39 is 0 Å². The average Bonchev–Trinajstić information content (AvgIpc) is 3.91. The van der Waals surface area contributed by atoms with E-state index in [1.807, 2.05) is 48.5 Å². The molecule has 12 rings (SSSR count). The maximum atomic E-state index is 6.28. The van der Waals surface area contributed by atoms with Gasteiger partial charge in [0.25, 0.3) is 0 Å². The summed E-state index contributed by atoms with van der Waals surface area (Å²) in [6, 6.07) is 53.6. The number of rotatable bonds is 4. The lowest BCUT2D eigenvalue weighted by Gasteiger charge is -2.36. The molecule has 0 atom stereocenters. The van der Waals surface area contributed by atoms with Gasteiger partial charge in [-0.05, 0) is 88.7 Å². The van der Waals surface area contributed by atoms with Gasteiger partial charge in [0.15, 0.2) is 17.5 Å². The predicted octanol–water partition coefficient (Wildman–Crippen LogP) is 13.6. The fraction of sp³-hybridized carbons (Fsp3) is 0.118. The van der Waals surface area contributed by atoms with Crippen LogP contribution in [-0.4, -0.2) is 15.0 Å². The van der Waals surface area contributed by atoms with Crippen molar-refractivity contribution in [2.24, 2.45) is 0 Å². The highest BCUT2D eigenvalue weighted by Gasteiger charge is 2.43. The van der Waals surface area contributed by atoms with Crippen LogP contribution in [0.1, 0.15) is 43.2 Å². The highest BCUT2D eigenvalue weighted by Crippen LogP contribution is 2.56. The van der Waals surface area contributed by atoms with Crippen molar-refractivity contribution in [3.8, 4) is 56.4 Å². The zero-order valence-corrected chi connectivity index (χ0v) is 30.6. The van der Waals surface area contributed by atoms with E-state index in [4.69, 9.17) is 23.8 Å². The lowest BCUT2D eigenvalue weighted by molar-refractivity contribution is 0.353. The first kappa shape index (κ1) is 31.5. The molecule has 5 nitrogen and oxygen atoms in total. The Morgan fingerprint density at radius 2 is 0.839 bits per heavy atom. The standard InChI is InChI=1S/C51H35N3O2/c1-8-26-51(27-9-1)42-13-5-2-10-36(42)37-23-20-33(28-43(37)51)31-16-18-32(19-17-31)48-52-49(34-21-24-40-38-11-3-6-14-44(38)55-46(40)29-34)54-50(53-48)35-22-25-41-39-12-4-7-15-45(39)56-47(41)30-35/h2-7,10-25,28-30H,1,8-9,26-27H2. The van der Waals surface area contributed by atoms with Crippen LogP contribution >= 0.6 is 0 Å². The third-order valence-electron chi connectivity index (χ3n) is 12.4. The molecular formula is C51H35N3O2. The molecule has 266 valence electrons. The fourth-order valence-corrected chi connectivity index (χ4v) is 9.63. The number of benzene rings is 7. The van der Waals surface area contributed by atoms with Gasteiger partial charge in [0.05, 0.1) is 0 Å². The molecule has 1 spiro atoms. The zero-order valence-electron chi connectivity index (χ0n) is 30.6. The molecule has 0 N–H and O–H groups in total. The molecule has 1 saturated carbocycles. The van der Waals surface area contributed by atoms with Gasteiger partial charge < -0.3 is 8.83 Å². The van der Waals surface area contributed by atoms with Gasteiger partial charge in [0.1, 0.15) is 22.3 Å². The maximum absolute atomic E-state index is 6.28. The van der Waals surface area contributed by atoms with E-state index in [0.29, 0.717) is 17.5 Å². The molecular weight excluding hydrogens is 687 g/mol. The van der Waals surface area contributed by atoms with Crippen molar-refractivity contribution in [3.05, 3.63) is 163 Å². The van der Waals surface area contributed by atoms with Gasteiger partial charge in [-0.3, -0.25) is 0 Å². The third kappa shape index (κ3) is 4.77. The molecule has 2 aliphatic carbocycles. The van der Waals surface area contributed by atoms with Crippen molar-refractivity contribution in [1.82, 2.24) is 15.0 Å². The van der Waals surface area contributed by atoms with Crippen LogP contribution in [0.5, 0.6) is 0 Å². The Hall–Kier alpha value is -6.85. The topological polar surface area (TPSA) is 65.0 Å². The Morgan fingerprint density at radius 1 is 0.357 bits per heavy atom. The van der Waals surface area contributed by atoms with E-state index in [1.165, 1.54) is 65.5 Å². The Labute approximate surface area is 323 Å². The van der Waals surface area contributed by atoms with Crippen LogP contribution in [0, 0.1) is 0 Å². The summed E-state index contributed by atoms with van der Waals surface area (Å²) < 4.78 is 12.6. The molecule has 0 aliphatic heterocycles. The maximum Gasteiger partial charge on any atom is 0.164 e. The number of aromatic nitrogens is 3. The molecule has 0 saturated heterocycles. The molecule has 7 aromatic carbocycles. The van der Waals surface area contributed by atoms with Gasteiger partial charge in [-0.1, -0.05) is 128 Å². The van der Waals surface area contributed by atoms with Gasteiger partial charge in [-0.15, -0.1) is 0 Å². The Bertz CT molecular complexity index is 3050. The smallest absolute Gasteiger partial charge is 0.164 e. The second kappa shape index (κ2) is 12.1. The second-order valence-electron chi connectivity index (χ2n) is 15.5. The number of fused-ring (bicyclic) bond motifs is 11. The summed E-state index contributed by atoms with van der Waals surface area (Å²) in [4.78, 5) is 15.3. The van der Waals surface area contributed by atoms with E-state index in [9.17, 15) is 0 Å². The minimum atomic E-state index is 0.120. The molecule has 0 bridgehead atoms. The summed E-state index contributed by atoms with van der Waals surface area (Å²) in [5.41, 5.74) is 14.3. The summed E-state index contributed by atoms with van der Waals surface area (Å²) in [5, 5.41) is 4.31. The molecule has 5 heteroatoms. The monoisotopic (exact) mass is 721 g/mol. The zero-order chi connectivity index (χ0) is 36.8. The summed E-state index contributed by atoms with van der Waals surface area (Å²) in [6.07, 6.45) is 6.32. The molecule has 1 fully saturated rings. The highest BCUT2D eigenvalue weighted by atomic mass is 16.3. The molecule has 56 heavy (non-hydrogen) atoms. The van der Waals surface area contributed by atoms with Crippen molar-refractivity contribution in [2.45, 2.75) is 37.5 Å². The first-order valence-electron chi connectivity index (χ1n) is 19.6. The summed E-state index contributed by atoms with van der Waals surface area (Å²) in [5.74, 6) is 1.77. The van der Waals surface area contributed by atoms with Crippen LogP contribution in [0.2, 0.25) is 0 Å². The molecule has 0 unspecified atom stereocenters. The van der Waals surface area contributed by atoms with Crippen LogP contribution < -0.4 is 0 Å². The number of para-hydroxylation sites is 2. The minimum absolute atomic E-state index is 0.120. The first-order valence-corrected chi connectivity index (χ1v) is 19.6. The minimum Gasteiger partial charge on any atom is -0.456 e. The third-order valence-corrected chi connectivity index (χ3v) is 12.4. The van der Waals surface area contributed by atoms with E-state index in [2.05, 4.69) is 103 Å². The normalized spacial score (nSPS) is 14.6. The number of hydrogen-bond donors (Lipinski definition) is 0. The Morgan fingerprint density at radius 3 is 1.48 bits per heavy atom. The van der Waals surface area contributed by atoms with Crippen LogP contribution in [-0.2, 0) is 5.41 Å². The number of furan rings is 2. The molecule has 3 heterocycles. The van der Waals surface area contributed by atoms with Crippen molar-refractivity contribution in [2.75, 3.05) is 0 Å². The lowest BCUT2D eigenvalue weighted by Crippen LogP contribution is -2.28. The van der Waals surface area contributed by atoms with Crippen molar-refractivity contribution in [1.29, 1.82) is 0 Å². The van der Waals surface area contributed by atoms with Crippen molar-refractivity contribution in [3.63, 3.8) is 0 Å². The average molecular weight is 722 g/mol. The quantitative estimate of drug-likeness (QED) is 0.181. The summed E-state index contributed by atoms with van der Waals surface area (Å²) >= 11 is 0. The summed E-state index contributed by atoms with van der Waals surface area (Å²) in [6.45, 7) is 0. The SMILES string of the molecule is c1ccc2c(c1)-c1ccc(-c3ccc(-c4nc(-c5ccc6c(c5)oc5ccccc56)nc(-c5ccc6c(c5)oc5ccccc56)n4)cc3)cc1C21CCCCC1. The molecule has 0 radical (unpaired) electrons. The van der Waals surface area contributed by atoms with Gasteiger partial charge in [-0.2, -0.15) is 0 Å². The molecule has 2 aliphatic rings. The van der Waals surface area contributed by atoms with E-state index in [1.54, 1.807) is 0 Å². The van der Waals surface area contributed by atoms with Gasteiger partial charge in [0.2, 0.25) is 0 Å². The first-order chi connectivity index (χ1) is 27.7. The Balaban J connectivity index is 0.965. The van der Waals surface area contributed by atoms with Crippen molar-refractivity contribution >= 4 is 43.9 Å². The molecule has 10 aromatic rings. The van der Waals surface area contributed by atoms with Crippen LogP contribution in [0.3, 0.4) is 0 Å². The summed E-state index contributed by atoms with van der Waals surface area (Å²) in [7, 11) is 0. The van der Waals surface area contributed by atoms with Crippen molar-refractivity contribution < 1.29 is 8.83 Å². The van der Waals surface area contributed by atoms with Crippen LogP contribution in [0.25, 0.3) is 100 Å². The van der Waals surface area contributed by atoms with E-state index in [-0.39, 0.29) is 5.41 Å². The molecule has 3 aromatic heterocycles. The van der Waals surface area contributed by atoms with Crippen LogP contribution in [0.4, 0.5) is 0 Å². The van der Waals surface area contributed by atoms with E-state index in [0.717, 1.165) is 60.6 Å². The number of hydrogen-bond acceptors (Lipinski definition) is 5. The highest BCUT2D eigenvalue weighted by molar-refractivity contribution is 6.06. The fourth-order valence-electron chi connectivity index (χ4n) is 9.63. The van der Waals surface area contributed by atoms with Gasteiger partial charge >= 0.3 is 0 Å².